The summed E-state index contributed by atoms with van der Waals surface area (Å²) in [7, 11) is 0. The number of nitrogens with zero attached hydrogens (tertiary/aromatic N) is 1. The van der Waals surface area contributed by atoms with Gasteiger partial charge < -0.3 is 15.3 Å². The van der Waals surface area contributed by atoms with Crippen LogP contribution in [0.4, 0.5) is 5.69 Å². The molecular formula is C13H19ClN2O2. The maximum Gasteiger partial charge on any atom is 0.225 e. The molecule has 0 radical (unpaired) electrons. The Labute approximate surface area is 113 Å². The molecule has 1 rings (SSSR count). The normalized spacial score (nSPS) is 10.7. The zero-order valence-corrected chi connectivity index (χ0v) is 11.3. The molecule has 0 saturated heterocycles. The molecule has 18 heavy (non-hydrogen) atoms. The van der Waals surface area contributed by atoms with E-state index >= 15 is 0 Å². The third-order valence-electron chi connectivity index (χ3n) is 2.65. The maximum atomic E-state index is 11.7. The van der Waals surface area contributed by atoms with Crippen molar-refractivity contribution in [3.05, 3.63) is 29.3 Å². The summed E-state index contributed by atoms with van der Waals surface area (Å²) < 4.78 is 0. The van der Waals surface area contributed by atoms with Crippen LogP contribution in [0.15, 0.2) is 24.3 Å². The lowest BCUT2D eigenvalue weighted by Crippen LogP contribution is -2.30. The lowest BCUT2D eigenvalue weighted by atomic mass is 10.3. The summed E-state index contributed by atoms with van der Waals surface area (Å²) in [5.74, 6) is -0.0336. The van der Waals surface area contributed by atoms with Gasteiger partial charge in [-0.15, -0.1) is 0 Å². The van der Waals surface area contributed by atoms with Gasteiger partial charge >= 0.3 is 0 Å². The number of rotatable bonds is 7. The molecule has 0 bridgehead atoms. The lowest BCUT2D eigenvalue weighted by molar-refractivity contribution is -0.116. The number of likely N-dealkylation sites (N-methyl/N-ethyl adjacent to an activating group) is 1. The minimum atomic E-state index is -0.0336. The van der Waals surface area contributed by atoms with Crippen LogP contribution in [0, 0.1) is 0 Å². The number of nitrogens with one attached hydrogen (secondary N) is 1. The van der Waals surface area contributed by atoms with Crippen molar-refractivity contribution in [1.82, 2.24) is 4.90 Å². The second kappa shape index (κ2) is 8.08. The molecule has 0 saturated carbocycles. The molecule has 0 unspecified atom stereocenters. The third-order valence-corrected chi connectivity index (χ3v) is 2.90. The van der Waals surface area contributed by atoms with Crippen LogP contribution in [0.2, 0.25) is 5.02 Å². The van der Waals surface area contributed by atoms with Crippen LogP contribution in [0.5, 0.6) is 0 Å². The fourth-order valence-electron chi connectivity index (χ4n) is 1.59. The van der Waals surface area contributed by atoms with Crippen LogP contribution in [-0.4, -0.2) is 42.2 Å². The van der Waals surface area contributed by atoms with E-state index in [-0.39, 0.29) is 12.5 Å². The number of amides is 1. The number of hydrogen-bond acceptors (Lipinski definition) is 3. The highest BCUT2D eigenvalue weighted by Gasteiger charge is 2.06. The van der Waals surface area contributed by atoms with Crippen molar-refractivity contribution < 1.29 is 9.90 Å². The van der Waals surface area contributed by atoms with Gasteiger partial charge in [-0.2, -0.15) is 0 Å². The summed E-state index contributed by atoms with van der Waals surface area (Å²) in [5, 5.41) is 12.3. The molecular weight excluding hydrogens is 252 g/mol. The molecule has 0 aliphatic rings. The molecule has 0 aliphatic heterocycles. The number of halogens is 1. The highest BCUT2D eigenvalue weighted by Crippen LogP contribution is 2.13. The number of anilines is 1. The number of benzene rings is 1. The van der Waals surface area contributed by atoms with E-state index in [0.717, 1.165) is 12.2 Å². The van der Waals surface area contributed by atoms with Crippen molar-refractivity contribution in [3.8, 4) is 0 Å². The Bertz CT molecular complexity index is 368. The second-order valence-corrected chi connectivity index (χ2v) is 4.40. The van der Waals surface area contributed by atoms with E-state index in [4.69, 9.17) is 16.7 Å². The fourth-order valence-corrected chi connectivity index (χ4v) is 1.71. The van der Waals surface area contributed by atoms with Crippen molar-refractivity contribution in [1.29, 1.82) is 0 Å². The van der Waals surface area contributed by atoms with Crippen LogP contribution in [0.1, 0.15) is 13.3 Å². The molecule has 0 heterocycles. The van der Waals surface area contributed by atoms with Gasteiger partial charge in [-0.3, -0.25) is 4.79 Å². The first-order valence-corrected chi connectivity index (χ1v) is 6.42. The molecule has 0 atom stereocenters. The summed E-state index contributed by atoms with van der Waals surface area (Å²) >= 11 is 5.76. The first kappa shape index (κ1) is 15.0. The zero-order chi connectivity index (χ0) is 13.4. The Balaban J connectivity index is 2.35. The summed E-state index contributed by atoms with van der Waals surface area (Å²) in [6.07, 6.45) is 0.413. The van der Waals surface area contributed by atoms with Gasteiger partial charge in [0.05, 0.1) is 6.61 Å². The van der Waals surface area contributed by atoms with Crippen LogP contribution < -0.4 is 5.32 Å². The third kappa shape index (κ3) is 5.49. The Morgan fingerprint density at radius 2 is 2.00 bits per heavy atom. The summed E-state index contributed by atoms with van der Waals surface area (Å²) in [4.78, 5) is 13.7. The molecule has 4 nitrogen and oxygen atoms in total. The van der Waals surface area contributed by atoms with Gasteiger partial charge in [0.2, 0.25) is 5.91 Å². The summed E-state index contributed by atoms with van der Waals surface area (Å²) in [6.45, 7) is 4.20. The molecule has 0 spiro atoms. The average molecular weight is 271 g/mol. The van der Waals surface area contributed by atoms with E-state index in [1.807, 2.05) is 11.8 Å². The minimum absolute atomic E-state index is 0.0336. The standard InChI is InChI=1S/C13H19ClN2O2/c1-2-16(9-10-17)8-7-13(18)15-12-5-3-11(14)4-6-12/h3-6,17H,2,7-10H2,1H3,(H,15,18). The predicted octanol–water partition coefficient (Wildman–Crippen LogP) is 1.98. The zero-order valence-electron chi connectivity index (χ0n) is 10.5. The maximum absolute atomic E-state index is 11.7. The minimum Gasteiger partial charge on any atom is -0.395 e. The highest BCUT2D eigenvalue weighted by atomic mass is 35.5. The van der Waals surface area contributed by atoms with Crippen LogP contribution >= 0.6 is 11.6 Å². The molecule has 5 heteroatoms. The van der Waals surface area contributed by atoms with E-state index in [2.05, 4.69) is 5.32 Å². The highest BCUT2D eigenvalue weighted by molar-refractivity contribution is 6.30. The molecule has 1 amide bonds. The smallest absolute Gasteiger partial charge is 0.225 e. The summed E-state index contributed by atoms with van der Waals surface area (Å²) in [6, 6.07) is 7.01. The van der Waals surface area contributed by atoms with Crippen molar-refractivity contribution in [2.45, 2.75) is 13.3 Å². The van der Waals surface area contributed by atoms with E-state index in [1.165, 1.54) is 0 Å². The van der Waals surface area contributed by atoms with Crippen molar-refractivity contribution in [3.63, 3.8) is 0 Å². The van der Waals surface area contributed by atoms with E-state index in [1.54, 1.807) is 24.3 Å². The Hall–Kier alpha value is -1.10. The second-order valence-electron chi connectivity index (χ2n) is 3.96. The van der Waals surface area contributed by atoms with Gasteiger partial charge in [0.15, 0.2) is 0 Å². The van der Waals surface area contributed by atoms with E-state index < -0.39 is 0 Å². The number of hydrogen-bond donors (Lipinski definition) is 2. The molecule has 0 aromatic heterocycles. The van der Waals surface area contributed by atoms with Crippen molar-refractivity contribution >= 4 is 23.2 Å². The Morgan fingerprint density at radius 1 is 1.33 bits per heavy atom. The summed E-state index contributed by atoms with van der Waals surface area (Å²) in [5.41, 5.74) is 0.745. The van der Waals surface area contributed by atoms with Gasteiger partial charge in [-0.25, -0.2) is 0 Å². The first-order chi connectivity index (χ1) is 8.65. The molecule has 1 aromatic carbocycles. The largest absolute Gasteiger partial charge is 0.395 e. The molecule has 0 aliphatic carbocycles. The number of carbonyl (C=O) groups is 1. The topological polar surface area (TPSA) is 52.6 Å². The first-order valence-electron chi connectivity index (χ1n) is 6.04. The van der Waals surface area contributed by atoms with Gasteiger partial charge in [0, 0.05) is 30.2 Å². The van der Waals surface area contributed by atoms with Crippen molar-refractivity contribution in [2.75, 3.05) is 31.6 Å². The van der Waals surface area contributed by atoms with Crippen LogP contribution in [-0.2, 0) is 4.79 Å². The van der Waals surface area contributed by atoms with E-state index in [9.17, 15) is 4.79 Å². The molecule has 0 fully saturated rings. The van der Waals surface area contributed by atoms with Crippen molar-refractivity contribution in [2.24, 2.45) is 0 Å². The van der Waals surface area contributed by atoms with E-state index in [0.29, 0.717) is 24.5 Å². The van der Waals surface area contributed by atoms with Gasteiger partial charge in [0.1, 0.15) is 0 Å². The van der Waals surface area contributed by atoms with Gasteiger partial charge in [-0.05, 0) is 30.8 Å². The SMILES string of the molecule is CCN(CCO)CCC(=O)Nc1ccc(Cl)cc1. The van der Waals surface area contributed by atoms with Gasteiger partial charge in [-0.1, -0.05) is 18.5 Å². The van der Waals surface area contributed by atoms with Crippen LogP contribution in [0.25, 0.3) is 0 Å². The Morgan fingerprint density at radius 3 is 2.56 bits per heavy atom. The molecule has 1 aromatic rings. The van der Waals surface area contributed by atoms with Gasteiger partial charge in [0.25, 0.3) is 0 Å². The number of carbonyl (C=O) groups excluding carboxylic acids is 1. The monoisotopic (exact) mass is 270 g/mol. The average Bonchev–Trinajstić information content (AvgIpc) is 2.37. The molecule has 100 valence electrons. The number of aliphatic hydroxyl groups excluding tert-OH is 1. The quantitative estimate of drug-likeness (QED) is 0.797. The fraction of sp³-hybridized carbons (Fsp3) is 0.462. The lowest BCUT2D eigenvalue weighted by Gasteiger charge is -2.18. The Kier molecular flexibility index (Phi) is 6.72. The van der Waals surface area contributed by atoms with Crippen LogP contribution in [0.3, 0.4) is 0 Å². The molecule has 2 N–H and O–H groups in total. The number of aliphatic hydroxyl groups is 1. The predicted molar refractivity (Wildman–Crippen MR) is 73.9 cm³/mol.